The van der Waals surface area contributed by atoms with Crippen molar-refractivity contribution in [2.45, 2.75) is 12.6 Å². The van der Waals surface area contributed by atoms with Crippen LogP contribution >= 0.6 is 0 Å². The van der Waals surface area contributed by atoms with Gasteiger partial charge in [0.05, 0.1) is 6.04 Å². The van der Waals surface area contributed by atoms with Crippen LogP contribution in [0.25, 0.3) is 0 Å². The van der Waals surface area contributed by atoms with Crippen LogP contribution in [0.2, 0.25) is 0 Å². The molecule has 19 heavy (non-hydrogen) atoms. The van der Waals surface area contributed by atoms with Crippen LogP contribution in [0.15, 0.2) is 48.5 Å². The Morgan fingerprint density at radius 3 is 2.84 bits per heavy atom. The van der Waals surface area contributed by atoms with Crippen LogP contribution in [0, 0.1) is 0 Å². The van der Waals surface area contributed by atoms with Gasteiger partial charge >= 0.3 is 0 Å². The molecule has 2 N–H and O–H groups in total. The van der Waals surface area contributed by atoms with Gasteiger partial charge in [-0.1, -0.05) is 30.3 Å². The Bertz CT molecular complexity index is 557. The van der Waals surface area contributed by atoms with Gasteiger partial charge in [-0.05, 0) is 17.7 Å². The van der Waals surface area contributed by atoms with Crippen LogP contribution in [0.3, 0.4) is 0 Å². The van der Waals surface area contributed by atoms with Crippen molar-refractivity contribution < 1.29 is 14.7 Å². The van der Waals surface area contributed by atoms with Gasteiger partial charge in [0.1, 0.15) is 24.7 Å². The zero-order valence-corrected chi connectivity index (χ0v) is 10.4. The number of benzene rings is 2. The van der Waals surface area contributed by atoms with E-state index in [1.54, 1.807) is 0 Å². The summed E-state index contributed by atoms with van der Waals surface area (Å²) in [5.41, 5.74) is 4.31. The average Bonchev–Trinajstić information content (AvgIpc) is 2.88. The van der Waals surface area contributed by atoms with E-state index in [4.69, 9.17) is 14.7 Å². The molecule has 0 saturated heterocycles. The van der Waals surface area contributed by atoms with Gasteiger partial charge in [0.25, 0.3) is 0 Å². The van der Waals surface area contributed by atoms with E-state index >= 15 is 0 Å². The molecule has 4 heteroatoms. The molecular weight excluding hydrogens is 242 g/mol. The largest absolute Gasteiger partial charge is 0.491 e. The maximum atomic E-state index is 8.97. The number of hydrogen-bond donors (Lipinski definition) is 2. The summed E-state index contributed by atoms with van der Waals surface area (Å²) in [5, 5.41) is 8.97. The van der Waals surface area contributed by atoms with E-state index in [0.29, 0.717) is 13.2 Å². The molecule has 0 amide bonds. The first-order valence-corrected chi connectivity index (χ1v) is 6.20. The molecule has 2 aromatic carbocycles. The molecule has 0 spiro atoms. The molecule has 0 aromatic heterocycles. The monoisotopic (exact) mass is 257 g/mol. The number of rotatable bonds is 4. The summed E-state index contributed by atoms with van der Waals surface area (Å²) in [6, 6.07) is 15.5. The van der Waals surface area contributed by atoms with Gasteiger partial charge < -0.3 is 14.7 Å². The van der Waals surface area contributed by atoms with E-state index in [0.717, 1.165) is 22.6 Å². The van der Waals surface area contributed by atoms with Crippen molar-refractivity contribution in [1.82, 2.24) is 5.48 Å². The molecule has 1 heterocycles. The first-order chi connectivity index (χ1) is 9.36. The van der Waals surface area contributed by atoms with E-state index in [1.807, 2.05) is 48.5 Å². The van der Waals surface area contributed by atoms with Gasteiger partial charge in [0.15, 0.2) is 0 Å². The lowest BCUT2D eigenvalue weighted by atomic mass is 10.1. The Hall–Kier alpha value is -2.04. The predicted octanol–water partition coefficient (Wildman–Crippen LogP) is 2.68. The summed E-state index contributed by atoms with van der Waals surface area (Å²) in [6.07, 6.45) is 0. The second kappa shape index (κ2) is 5.30. The molecule has 0 aliphatic carbocycles. The highest BCUT2D eigenvalue weighted by Gasteiger charge is 2.23. The number of hydroxylamine groups is 1. The zero-order valence-electron chi connectivity index (χ0n) is 10.4. The fourth-order valence-electron chi connectivity index (χ4n) is 2.13. The molecule has 1 aliphatic rings. The lowest BCUT2D eigenvalue weighted by Gasteiger charge is -2.08. The minimum atomic E-state index is -0.154. The SMILES string of the molecule is ON[C@H]1COc2cc(OCc3ccccc3)ccc21. The highest BCUT2D eigenvalue weighted by molar-refractivity contribution is 5.44. The van der Waals surface area contributed by atoms with E-state index in [-0.39, 0.29) is 6.04 Å². The smallest absolute Gasteiger partial charge is 0.128 e. The van der Waals surface area contributed by atoms with Crippen molar-refractivity contribution >= 4 is 0 Å². The Morgan fingerprint density at radius 1 is 1.21 bits per heavy atom. The second-order valence-electron chi connectivity index (χ2n) is 4.47. The fraction of sp³-hybridized carbons (Fsp3) is 0.200. The third-order valence-electron chi connectivity index (χ3n) is 3.17. The van der Waals surface area contributed by atoms with Gasteiger partial charge in [-0.3, -0.25) is 0 Å². The van der Waals surface area contributed by atoms with Crippen molar-refractivity contribution in [2.75, 3.05) is 6.61 Å². The lowest BCUT2D eigenvalue weighted by molar-refractivity contribution is 0.113. The molecule has 1 aliphatic heterocycles. The van der Waals surface area contributed by atoms with Crippen molar-refractivity contribution in [3.8, 4) is 11.5 Å². The van der Waals surface area contributed by atoms with E-state index in [9.17, 15) is 0 Å². The summed E-state index contributed by atoms with van der Waals surface area (Å²) in [7, 11) is 0. The summed E-state index contributed by atoms with van der Waals surface area (Å²) < 4.78 is 11.2. The molecule has 0 unspecified atom stereocenters. The van der Waals surface area contributed by atoms with Gasteiger partial charge in [-0.25, -0.2) is 0 Å². The molecule has 0 radical (unpaired) electrons. The van der Waals surface area contributed by atoms with Crippen molar-refractivity contribution in [3.63, 3.8) is 0 Å². The molecule has 98 valence electrons. The first kappa shape index (κ1) is 12.0. The number of hydrogen-bond acceptors (Lipinski definition) is 4. The van der Waals surface area contributed by atoms with Gasteiger partial charge in [0.2, 0.25) is 0 Å². The molecule has 4 nitrogen and oxygen atoms in total. The molecular formula is C15H15NO3. The predicted molar refractivity (Wildman–Crippen MR) is 70.4 cm³/mol. The van der Waals surface area contributed by atoms with E-state index in [1.165, 1.54) is 0 Å². The molecule has 0 fully saturated rings. The summed E-state index contributed by atoms with van der Waals surface area (Å²) >= 11 is 0. The standard InChI is InChI=1S/C15H15NO3/c17-16-14-10-19-15-8-12(6-7-13(14)15)18-9-11-4-2-1-3-5-11/h1-8,14,16-17H,9-10H2/t14-/m0/s1. The fourth-order valence-corrected chi connectivity index (χ4v) is 2.13. The van der Waals surface area contributed by atoms with Gasteiger partial charge in [0, 0.05) is 11.6 Å². The zero-order chi connectivity index (χ0) is 13.1. The van der Waals surface area contributed by atoms with Crippen molar-refractivity contribution in [2.24, 2.45) is 0 Å². The number of ether oxygens (including phenoxy) is 2. The van der Waals surface area contributed by atoms with Crippen LogP contribution in [0.5, 0.6) is 11.5 Å². The van der Waals surface area contributed by atoms with Gasteiger partial charge in [-0.2, -0.15) is 5.48 Å². The maximum Gasteiger partial charge on any atom is 0.128 e. The topological polar surface area (TPSA) is 50.7 Å². The summed E-state index contributed by atoms with van der Waals surface area (Å²) in [6.45, 7) is 0.968. The molecule has 1 atom stereocenters. The minimum absolute atomic E-state index is 0.154. The Labute approximate surface area is 111 Å². The van der Waals surface area contributed by atoms with E-state index < -0.39 is 0 Å². The normalized spacial score (nSPS) is 16.8. The van der Waals surface area contributed by atoms with Crippen LogP contribution < -0.4 is 15.0 Å². The second-order valence-corrected chi connectivity index (χ2v) is 4.47. The highest BCUT2D eigenvalue weighted by atomic mass is 16.5. The van der Waals surface area contributed by atoms with Crippen LogP contribution in [0.1, 0.15) is 17.2 Å². The quantitative estimate of drug-likeness (QED) is 0.827. The number of nitrogens with one attached hydrogen (secondary N) is 1. The highest BCUT2D eigenvalue weighted by Crippen LogP contribution is 2.35. The third-order valence-corrected chi connectivity index (χ3v) is 3.17. The van der Waals surface area contributed by atoms with Crippen LogP contribution in [-0.2, 0) is 6.61 Å². The Kier molecular flexibility index (Phi) is 3.35. The Morgan fingerprint density at radius 2 is 2.05 bits per heavy atom. The van der Waals surface area contributed by atoms with Crippen molar-refractivity contribution in [3.05, 3.63) is 59.7 Å². The van der Waals surface area contributed by atoms with Gasteiger partial charge in [-0.15, -0.1) is 0 Å². The molecule has 2 aromatic rings. The van der Waals surface area contributed by atoms with Crippen LogP contribution in [0.4, 0.5) is 0 Å². The maximum absolute atomic E-state index is 8.97. The minimum Gasteiger partial charge on any atom is -0.491 e. The average molecular weight is 257 g/mol. The Balaban J connectivity index is 1.70. The molecule has 3 rings (SSSR count). The lowest BCUT2D eigenvalue weighted by Crippen LogP contribution is -2.17. The third kappa shape index (κ3) is 2.54. The molecule has 0 bridgehead atoms. The van der Waals surface area contributed by atoms with Crippen molar-refractivity contribution in [1.29, 1.82) is 0 Å². The van der Waals surface area contributed by atoms with E-state index in [2.05, 4.69) is 5.48 Å². The van der Waals surface area contributed by atoms with Crippen LogP contribution in [-0.4, -0.2) is 11.8 Å². The first-order valence-electron chi connectivity index (χ1n) is 6.20. The summed E-state index contributed by atoms with van der Waals surface area (Å²) in [4.78, 5) is 0. The number of fused-ring (bicyclic) bond motifs is 1. The summed E-state index contributed by atoms with van der Waals surface area (Å²) in [5.74, 6) is 1.53. The molecule has 0 saturated carbocycles.